The van der Waals surface area contributed by atoms with E-state index in [0.29, 0.717) is 6.54 Å². The van der Waals surface area contributed by atoms with E-state index in [1.807, 2.05) is 43.3 Å². The summed E-state index contributed by atoms with van der Waals surface area (Å²) in [6, 6.07) is 11.9. The highest BCUT2D eigenvalue weighted by atomic mass is 16.3. The minimum absolute atomic E-state index is 0.0613. The third-order valence-corrected chi connectivity index (χ3v) is 3.09. The molecule has 4 nitrogen and oxygen atoms in total. The van der Waals surface area contributed by atoms with Crippen LogP contribution in [0.5, 0.6) is 0 Å². The van der Waals surface area contributed by atoms with Crippen LogP contribution in [0.15, 0.2) is 40.8 Å². The molecular formula is C16H20N2O2. The van der Waals surface area contributed by atoms with Crippen molar-refractivity contribution in [2.75, 3.05) is 5.32 Å². The number of carbonyl (C=O) groups is 1. The van der Waals surface area contributed by atoms with Gasteiger partial charge >= 0.3 is 0 Å². The SMILES string of the molecule is CC(=O)Nc1cccc([C@H](C)NCc2ccc(C)o2)c1. The Morgan fingerprint density at radius 3 is 2.75 bits per heavy atom. The first-order valence-corrected chi connectivity index (χ1v) is 6.71. The zero-order chi connectivity index (χ0) is 14.5. The van der Waals surface area contributed by atoms with Crippen LogP contribution in [0.25, 0.3) is 0 Å². The topological polar surface area (TPSA) is 54.3 Å². The molecule has 2 rings (SSSR count). The molecular weight excluding hydrogens is 252 g/mol. The van der Waals surface area contributed by atoms with Gasteiger partial charge in [0.15, 0.2) is 0 Å². The van der Waals surface area contributed by atoms with E-state index in [2.05, 4.69) is 17.6 Å². The number of anilines is 1. The summed E-state index contributed by atoms with van der Waals surface area (Å²) in [6.45, 7) is 6.21. The van der Waals surface area contributed by atoms with Crippen LogP contribution in [-0.4, -0.2) is 5.91 Å². The molecule has 0 aliphatic rings. The first kappa shape index (κ1) is 14.3. The van der Waals surface area contributed by atoms with Gasteiger partial charge in [-0.2, -0.15) is 0 Å². The van der Waals surface area contributed by atoms with E-state index in [-0.39, 0.29) is 11.9 Å². The minimum atomic E-state index is -0.0613. The molecule has 0 spiro atoms. The molecule has 0 bridgehead atoms. The molecule has 106 valence electrons. The molecule has 1 aromatic heterocycles. The van der Waals surface area contributed by atoms with Gasteiger partial charge in [0.05, 0.1) is 6.54 Å². The van der Waals surface area contributed by atoms with Crippen LogP contribution in [0.1, 0.15) is 37.0 Å². The zero-order valence-electron chi connectivity index (χ0n) is 12.1. The second kappa shape index (κ2) is 6.39. The molecule has 2 aromatic rings. The zero-order valence-corrected chi connectivity index (χ0v) is 12.1. The van der Waals surface area contributed by atoms with Crippen molar-refractivity contribution in [2.24, 2.45) is 0 Å². The number of carbonyl (C=O) groups excluding carboxylic acids is 1. The van der Waals surface area contributed by atoms with E-state index < -0.39 is 0 Å². The summed E-state index contributed by atoms with van der Waals surface area (Å²) in [6.07, 6.45) is 0. The number of furan rings is 1. The maximum absolute atomic E-state index is 11.1. The lowest BCUT2D eigenvalue weighted by Crippen LogP contribution is -2.18. The van der Waals surface area contributed by atoms with Crippen molar-refractivity contribution in [3.8, 4) is 0 Å². The van der Waals surface area contributed by atoms with E-state index in [4.69, 9.17) is 4.42 Å². The van der Waals surface area contributed by atoms with Gasteiger partial charge in [-0.1, -0.05) is 12.1 Å². The Hall–Kier alpha value is -2.07. The standard InChI is InChI=1S/C16H20N2O2/c1-11-7-8-16(20-11)10-17-12(2)14-5-4-6-15(9-14)18-13(3)19/h4-9,12,17H,10H2,1-3H3,(H,18,19)/t12-/m0/s1. The van der Waals surface area contributed by atoms with Gasteiger partial charge in [0.1, 0.15) is 11.5 Å². The van der Waals surface area contributed by atoms with E-state index >= 15 is 0 Å². The van der Waals surface area contributed by atoms with Gasteiger partial charge in [0.25, 0.3) is 0 Å². The normalized spacial score (nSPS) is 12.2. The molecule has 0 aliphatic heterocycles. The van der Waals surface area contributed by atoms with Crippen molar-refractivity contribution in [1.29, 1.82) is 0 Å². The van der Waals surface area contributed by atoms with Gasteiger partial charge in [0.2, 0.25) is 5.91 Å². The summed E-state index contributed by atoms with van der Waals surface area (Å²) >= 11 is 0. The number of hydrogen-bond acceptors (Lipinski definition) is 3. The lowest BCUT2D eigenvalue weighted by molar-refractivity contribution is -0.114. The van der Waals surface area contributed by atoms with Gasteiger partial charge in [-0.25, -0.2) is 0 Å². The van der Waals surface area contributed by atoms with E-state index in [9.17, 15) is 4.79 Å². The highest BCUT2D eigenvalue weighted by molar-refractivity contribution is 5.88. The Kier molecular flexibility index (Phi) is 4.58. The fourth-order valence-electron chi connectivity index (χ4n) is 2.04. The van der Waals surface area contributed by atoms with Gasteiger partial charge < -0.3 is 15.1 Å². The average molecular weight is 272 g/mol. The van der Waals surface area contributed by atoms with Gasteiger partial charge in [-0.3, -0.25) is 4.79 Å². The van der Waals surface area contributed by atoms with E-state index in [1.54, 1.807) is 0 Å². The summed E-state index contributed by atoms with van der Waals surface area (Å²) in [5, 5.41) is 6.19. The third kappa shape index (κ3) is 3.96. The van der Waals surface area contributed by atoms with Crippen molar-refractivity contribution in [3.05, 3.63) is 53.5 Å². The fraction of sp³-hybridized carbons (Fsp3) is 0.312. The van der Waals surface area contributed by atoms with Crippen LogP contribution in [0.3, 0.4) is 0 Å². The molecule has 0 aliphatic carbocycles. The molecule has 1 atom stereocenters. The quantitative estimate of drug-likeness (QED) is 0.877. The first-order valence-electron chi connectivity index (χ1n) is 6.71. The van der Waals surface area contributed by atoms with Crippen molar-refractivity contribution < 1.29 is 9.21 Å². The lowest BCUT2D eigenvalue weighted by Gasteiger charge is -2.14. The van der Waals surface area contributed by atoms with Crippen molar-refractivity contribution in [1.82, 2.24) is 5.32 Å². The molecule has 4 heteroatoms. The fourth-order valence-corrected chi connectivity index (χ4v) is 2.04. The third-order valence-electron chi connectivity index (χ3n) is 3.09. The highest BCUT2D eigenvalue weighted by Gasteiger charge is 2.07. The molecule has 0 saturated carbocycles. The molecule has 0 fully saturated rings. The van der Waals surface area contributed by atoms with Crippen LogP contribution in [0.2, 0.25) is 0 Å². The molecule has 20 heavy (non-hydrogen) atoms. The number of aryl methyl sites for hydroxylation is 1. The second-order valence-electron chi connectivity index (χ2n) is 4.92. The summed E-state index contributed by atoms with van der Waals surface area (Å²) in [5.41, 5.74) is 1.94. The van der Waals surface area contributed by atoms with Crippen LogP contribution in [0, 0.1) is 6.92 Å². The Labute approximate surface area is 119 Å². The van der Waals surface area contributed by atoms with E-state index in [1.165, 1.54) is 6.92 Å². The largest absolute Gasteiger partial charge is 0.465 e. The van der Waals surface area contributed by atoms with Crippen LogP contribution in [-0.2, 0) is 11.3 Å². The average Bonchev–Trinajstić information content (AvgIpc) is 2.81. The predicted molar refractivity (Wildman–Crippen MR) is 79.4 cm³/mol. The molecule has 1 heterocycles. The van der Waals surface area contributed by atoms with Gasteiger partial charge in [-0.15, -0.1) is 0 Å². The van der Waals surface area contributed by atoms with Crippen molar-refractivity contribution >= 4 is 11.6 Å². The summed E-state index contributed by atoms with van der Waals surface area (Å²) in [4.78, 5) is 11.1. The highest BCUT2D eigenvalue weighted by Crippen LogP contribution is 2.18. The summed E-state index contributed by atoms with van der Waals surface area (Å²) in [7, 11) is 0. The number of hydrogen-bond donors (Lipinski definition) is 2. The molecule has 0 saturated heterocycles. The van der Waals surface area contributed by atoms with Crippen LogP contribution in [0.4, 0.5) is 5.69 Å². The maximum atomic E-state index is 11.1. The molecule has 0 unspecified atom stereocenters. The Morgan fingerprint density at radius 1 is 1.30 bits per heavy atom. The second-order valence-corrected chi connectivity index (χ2v) is 4.92. The van der Waals surface area contributed by atoms with Crippen molar-refractivity contribution in [2.45, 2.75) is 33.4 Å². The molecule has 1 amide bonds. The number of rotatable bonds is 5. The smallest absolute Gasteiger partial charge is 0.221 e. The number of nitrogens with one attached hydrogen (secondary N) is 2. The number of amides is 1. The summed E-state index contributed by atoms with van der Waals surface area (Å²) in [5.74, 6) is 1.78. The molecule has 0 radical (unpaired) electrons. The maximum Gasteiger partial charge on any atom is 0.221 e. The summed E-state index contributed by atoms with van der Waals surface area (Å²) < 4.78 is 5.53. The van der Waals surface area contributed by atoms with Crippen molar-refractivity contribution in [3.63, 3.8) is 0 Å². The molecule has 2 N–H and O–H groups in total. The van der Waals surface area contributed by atoms with Crippen LogP contribution < -0.4 is 10.6 Å². The van der Waals surface area contributed by atoms with E-state index in [0.717, 1.165) is 22.8 Å². The van der Waals surface area contributed by atoms with Gasteiger partial charge in [-0.05, 0) is 43.7 Å². The minimum Gasteiger partial charge on any atom is -0.465 e. The Bertz CT molecular complexity index is 590. The lowest BCUT2D eigenvalue weighted by atomic mass is 10.1. The number of benzene rings is 1. The first-order chi connectivity index (χ1) is 9.54. The molecule has 1 aromatic carbocycles. The van der Waals surface area contributed by atoms with Gasteiger partial charge in [0, 0.05) is 18.7 Å². The van der Waals surface area contributed by atoms with Crippen LogP contribution >= 0.6 is 0 Å². The monoisotopic (exact) mass is 272 g/mol. The Balaban J connectivity index is 1.97. The predicted octanol–water partition coefficient (Wildman–Crippen LogP) is 3.40. The Morgan fingerprint density at radius 2 is 2.10 bits per heavy atom.